The van der Waals surface area contributed by atoms with E-state index in [1.165, 1.54) is 11.1 Å². The van der Waals surface area contributed by atoms with Gasteiger partial charge in [0.2, 0.25) is 0 Å². The van der Waals surface area contributed by atoms with Crippen LogP contribution in [0.4, 0.5) is 4.79 Å². The van der Waals surface area contributed by atoms with Gasteiger partial charge in [0.1, 0.15) is 5.60 Å². The average Bonchev–Trinajstić information content (AvgIpc) is 3.38. The first-order valence-corrected chi connectivity index (χ1v) is 14.4. The molecule has 0 bridgehead atoms. The number of aryl methyl sites for hydroxylation is 1. The van der Waals surface area contributed by atoms with Crippen molar-refractivity contribution < 1.29 is 14.3 Å². The minimum Gasteiger partial charge on any atom is -0.444 e. The molecule has 2 aliphatic heterocycles. The third-order valence-corrected chi connectivity index (χ3v) is 7.76. The van der Waals surface area contributed by atoms with Crippen LogP contribution in [0.5, 0.6) is 0 Å². The topological polar surface area (TPSA) is 70.9 Å². The van der Waals surface area contributed by atoms with Gasteiger partial charge in [0, 0.05) is 51.7 Å². The first-order valence-electron chi connectivity index (χ1n) is 14.4. The molecule has 212 valence electrons. The Morgan fingerprint density at radius 3 is 2.15 bits per heavy atom. The van der Waals surface area contributed by atoms with Crippen molar-refractivity contribution in [2.24, 2.45) is 0 Å². The zero-order valence-electron chi connectivity index (χ0n) is 24.2. The predicted octanol–water partition coefficient (Wildman–Crippen LogP) is 5.25. The first-order chi connectivity index (χ1) is 19.2. The molecule has 2 aliphatic rings. The smallest absolute Gasteiger partial charge is 0.410 e. The van der Waals surface area contributed by atoms with Gasteiger partial charge in [-0.1, -0.05) is 48.0 Å². The Kier molecular flexibility index (Phi) is 8.26. The fourth-order valence-corrected chi connectivity index (χ4v) is 5.59. The number of piperazine rings is 1. The summed E-state index contributed by atoms with van der Waals surface area (Å²) in [6, 6.07) is 18.7. The number of likely N-dealkylation sites (tertiary alicyclic amines) is 1. The molecule has 0 spiro atoms. The molecule has 1 aromatic heterocycles. The second kappa shape index (κ2) is 11.8. The molecule has 3 heterocycles. The van der Waals surface area contributed by atoms with Crippen LogP contribution in [-0.4, -0.2) is 81.4 Å². The van der Waals surface area contributed by atoms with Crippen LogP contribution in [0, 0.1) is 6.92 Å². The monoisotopic (exact) mass is 543 g/mol. The minimum absolute atomic E-state index is 0.0438. The summed E-state index contributed by atoms with van der Waals surface area (Å²) in [5.74, 6) is 0.156. The van der Waals surface area contributed by atoms with Gasteiger partial charge in [-0.05, 0) is 58.2 Å². The molecule has 0 radical (unpaired) electrons. The van der Waals surface area contributed by atoms with Crippen LogP contribution < -0.4 is 0 Å². The number of hydrogen-bond donors (Lipinski definition) is 0. The van der Waals surface area contributed by atoms with Gasteiger partial charge in [0.05, 0.1) is 23.1 Å². The van der Waals surface area contributed by atoms with E-state index in [0.717, 1.165) is 43.9 Å². The number of benzene rings is 2. The van der Waals surface area contributed by atoms with E-state index in [4.69, 9.17) is 9.84 Å². The summed E-state index contributed by atoms with van der Waals surface area (Å²) in [5.41, 5.74) is 4.51. The first kappa shape index (κ1) is 27.9. The number of nitrogens with zero attached hydrogens (tertiary/aromatic N) is 5. The number of rotatable bonds is 5. The van der Waals surface area contributed by atoms with E-state index in [2.05, 4.69) is 60.4 Å². The number of hydrogen-bond acceptors (Lipinski definition) is 5. The average molecular weight is 544 g/mol. The molecule has 0 unspecified atom stereocenters. The van der Waals surface area contributed by atoms with Gasteiger partial charge in [-0.15, -0.1) is 0 Å². The Labute approximate surface area is 237 Å². The van der Waals surface area contributed by atoms with Crippen molar-refractivity contribution in [2.45, 2.75) is 58.6 Å². The van der Waals surface area contributed by atoms with Crippen LogP contribution in [0.1, 0.15) is 66.7 Å². The fraction of sp³-hybridized carbons (Fsp3) is 0.469. The summed E-state index contributed by atoms with van der Waals surface area (Å²) in [6.07, 6.45) is 2.97. The van der Waals surface area contributed by atoms with E-state index in [1.807, 2.05) is 36.4 Å². The van der Waals surface area contributed by atoms with Gasteiger partial charge in [-0.3, -0.25) is 9.69 Å². The maximum atomic E-state index is 13.9. The zero-order valence-corrected chi connectivity index (χ0v) is 24.2. The number of carbonyl (C=O) groups excluding carboxylic acids is 2. The quantitative estimate of drug-likeness (QED) is 0.440. The van der Waals surface area contributed by atoms with Crippen molar-refractivity contribution in [3.63, 3.8) is 0 Å². The van der Waals surface area contributed by atoms with Crippen LogP contribution in [-0.2, 0) is 11.3 Å². The fourth-order valence-electron chi connectivity index (χ4n) is 5.59. The maximum Gasteiger partial charge on any atom is 0.410 e. The van der Waals surface area contributed by atoms with Crippen molar-refractivity contribution in [3.8, 4) is 5.69 Å². The van der Waals surface area contributed by atoms with Gasteiger partial charge < -0.3 is 14.5 Å². The van der Waals surface area contributed by atoms with Crippen molar-refractivity contribution >= 4 is 12.0 Å². The van der Waals surface area contributed by atoms with E-state index in [0.29, 0.717) is 31.7 Å². The van der Waals surface area contributed by atoms with E-state index in [9.17, 15) is 9.59 Å². The molecule has 2 aromatic carbocycles. The van der Waals surface area contributed by atoms with E-state index < -0.39 is 5.60 Å². The summed E-state index contributed by atoms with van der Waals surface area (Å²) in [7, 11) is 0. The van der Waals surface area contributed by atoms with Crippen molar-refractivity contribution in [1.82, 2.24) is 24.5 Å². The van der Waals surface area contributed by atoms with Crippen molar-refractivity contribution in [1.29, 1.82) is 0 Å². The second-order valence-electron chi connectivity index (χ2n) is 12.0. The molecule has 0 N–H and O–H groups in total. The van der Waals surface area contributed by atoms with Crippen LogP contribution in [0.3, 0.4) is 0 Å². The van der Waals surface area contributed by atoms with Gasteiger partial charge in [0.15, 0.2) is 0 Å². The molecule has 5 rings (SSSR count). The largest absolute Gasteiger partial charge is 0.444 e. The number of carbonyl (C=O) groups is 2. The summed E-state index contributed by atoms with van der Waals surface area (Å²) in [5, 5.41) is 4.73. The molecule has 0 atom stereocenters. The Morgan fingerprint density at radius 1 is 0.875 bits per heavy atom. The summed E-state index contributed by atoms with van der Waals surface area (Å²) in [6.45, 7) is 12.9. The van der Waals surface area contributed by atoms with Crippen molar-refractivity contribution in [2.75, 3.05) is 39.3 Å². The number of amides is 2. The van der Waals surface area contributed by atoms with Crippen LogP contribution >= 0.6 is 0 Å². The molecular weight excluding hydrogens is 502 g/mol. The molecule has 2 amide bonds. The molecule has 0 saturated carbocycles. The number of ether oxygens (including phenoxy) is 1. The van der Waals surface area contributed by atoms with Crippen molar-refractivity contribution in [3.05, 3.63) is 83.2 Å². The third kappa shape index (κ3) is 6.55. The highest BCUT2D eigenvalue weighted by Gasteiger charge is 2.34. The van der Waals surface area contributed by atoms with Gasteiger partial charge in [0.25, 0.3) is 5.91 Å². The van der Waals surface area contributed by atoms with Gasteiger partial charge in [-0.2, -0.15) is 5.10 Å². The Morgan fingerprint density at radius 2 is 1.52 bits per heavy atom. The lowest BCUT2D eigenvalue weighted by atomic mass is 9.90. The zero-order chi connectivity index (χ0) is 28.3. The third-order valence-electron chi connectivity index (χ3n) is 7.76. The standard InChI is InChI=1S/C32H41N5O3/c1-24-10-12-27(13-11-24)37-29(26-14-16-36(17-15-26)31(39)40-32(2,3)4)28(22-33-37)30(38)35-20-18-34(19-21-35)23-25-8-6-5-7-9-25/h5-13,22,26H,14-21,23H2,1-4H3. The molecule has 8 heteroatoms. The summed E-state index contributed by atoms with van der Waals surface area (Å²) >= 11 is 0. The Hall–Kier alpha value is -3.65. The van der Waals surface area contributed by atoms with E-state index >= 15 is 0 Å². The Bertz CT molecular complexity index is 1300. The lowest BCUT2D eigenvalue weighted by Crippen LogP contribution is -2.48. The summed E-state index contributed by atoms with van der Waals surface area (Å²) in [4.78, 5) is 32.8. The van der Waals surface area contributed by atoms with Gasteiger partial charge in [-0.25, -0.2) is 9.48 Å². The second-order valence-corrected chi connectivity index (χ2v) is 12.0. The SMILES string of the molecule is Cc1ccc(-n2ncc(C(=O)N3CCN(Cc4ccccc4)CC3)c2C2CCN(C(=O)OC(C)(C)C)CC2)cc1. The maximum absolute atomic E-state index is 13.9. The molecule has 8 nitrogen and oxygen atoms in total. The molecule has 0 aliphatic carbocycles. The van der Waals surface area contributed by atoms with Gasteiger partial charge >= 0.3 is 6.09 Å². The molecule has 2 fully saturated rings. The number of piperidine rings is 1. The Balaban J connectivity index is 1.33. The lowest BCUT2D eigenvalue weighted by Gasteiger charge is -2.36. The van der Waals surface area contributed by atoms with E-state index in [1.54, 1.807) is 11.1 Å². The predicted molar refractivity (Wildman–Crippen MR) is 156 cm³/mol. The summed E-state index contributed by atoms with van der Waals surface area (Å²) < 4.78 is 7.54. The molecular formula is C32H41N5O3. The minimum atomic E-state index is -0.525. The normalized spacial score (nSPS) is 17.2. The van der Waals surface area contributed by atoms with Crippen LogP contribution in [0.2, 0.25) is 0 Å². The molecule has 40 heavy (non-hydrogen) atoms. The lowest BCUT2D eigenvalue weighted by molar-refractivity contribution is 0.0202. The highest BCUT2D eigenvalue weighted by molar-refractivity contribution is 5.95. The molecule has 3 aromatic rings. The molecule has 2 saturated heterocycles. The highest BCUT2D eigenvalue weighted by Crippen LogP contribution is 2.33. The van der Waals surface area contributed by atoms with E-state index in [-0.39, 0.29) is 17.9 Å². The van der Waals surface area contributed by atoms with Crippen LogP contribution in [0.15, 0.2) is 60.8 Å². The van der Waals surface area contributed by atoms with Crippen LogP contribution in [0.25, 0.3) is 5.69 Å². The number of aromatic nitrogens is 2. The highest BCUT2D eigenvalue weighted by atomic mass is 16.6.